The van der Waals surface area contributed by atoms with Crippen LogP contribution in [0.2, 0.25) is 5.02 Å². The molecule has 2 N–H and O–H groups in total. The summed E-state index contributed by atoms with van der Waals surface area (Å²) in [5.74, 6) is -0.257. The summed E-state index contributed by atoms with van der Waals surface area (Å²) in [5.41, 5.74) is -1.13. The van der Waals surface area contributed by atoms with Crippen LogP contribution < -0.4 is 15.6 Å². The van der Waals surface area contributed by atoms with Gasteiger partial charge in [-0.15, -0.1) is 0 Å². The van der Waals surface area contributed by atoms with Crippen molar-refractivity contribution in [3.05, 3.63) is 51.4 Å². The molecule has 0 radical (unpaired) electrons. The summed E-state index contributed by atoms with van der Waals surface area (Å²) in [7, 11) is 0. The molecule has 0 unspecified atom stereocenters. The highest BCUT2D eigenvalue weighted by molar-refractivity contribution is 6.32. The molecule has 0 spiro atoms. The number of nitrogens with one attached hydrogen (secondary N) is 2. The Bertz CT molecular complexity index is 703. The monoisotopic (exact) mass is 333 g/mol. The Kier molecular flexibility index (Phi) is 4.92. The number of hydrogen-bond donors (Lipinski definition) is 2. The van der Waals surface area contributed by atoms with Gasteiger partial charge in [-0.05, 0) is 12.1 Å². The largest absolute Gasteiger partial charge is 0.491 e. The van der Waals surface area contributed by atoms with E-state index in [9.17, 15) is 18.0 Å². The first-order valence-electron chi connectivity index (χ1n) is 6.15. The van der Waals surface area contributed by atoms with E-state index >= 15 is 0 Å². The van der Waals surface area contributed by atoms with E-state index in [1.165, 1.54) is 24.4 Å². The Morgan fingerprint density at radius 1 is 1.32 bits per heavy atom. The van der Waals surface area contributed by atoms with Crippen molar-refractivity contribution in [1.82, 2.24) is 10.2 Å². The number of ether oxygens (including phenoxy) is 1. The van der Waals surface area contributed by atoms with Gasteiger partial charge in [0, 0.05) is 6.54 Å². The van der Waals surface area contributed by atoms with Gasteiger partial charge in [-0.25, -0.2) is 5.10 Å². The summed E-state index contributed by atoms with van der Waals surface area (Å²) >= 11 is 5.74. The molecule has 0 aliphatic rings. The summed E-state index contributed by atoms with van der Waals surface area (Å²) in [6.45, 7) is 0.104. The number of H-pyrrole nitrogens is 1. The van der Waals surface area contributed by atoms with Gasteiger partial charge in [0.05, 0.1) is 17.4 Å². The zero-order chi connectivity index (χ0) is 16.2. The maximum absolute atomic E-state index is 12.8. The van der Waals surface area contributed by atoms with Crippen LogP contribution in [0.4, 0.5) is 18.9 Å². The number of nitrogens with zero attached hydrogens (tertiary/aromatic N) is 1. The fraction of sp³-hybridized carbons (Fsp3) is 0.231. The van der Waals surface area contributed by atoms with Crippen molar-refractivity contribution in [1.29, 1.82) is 0 Å². The Labute approximate surface area is 128 Å². The Hall–Kier alpha value is -2.22. The molecule has 0 bridgehead atoms. The van der Waals surface area contributed by atoms with Crippen LogP contribution in [0.1, 0.15) is 5.56 Å². The molecule has 2 rings (SSSR count). The molecule has 118 valence electrons. The standard InChI is InChI=1S/C13H11ClF3N3O2/c14-11-9(7-19-20-12(11)21)18-5-6-22-10-4-2-1-3-8(10)13(15,16)17/h1-4,7H,5-6H2,(H2,18,20,21). The second-order valence-electron chi connectivity index (χ2n) is 4.20. The first kappa shape index (κ1) is 16.2. The third-order valence-corrected chi connectivity index (χ3v) is 3.04. The van der Waals surface area contributed by atoms with E-state index in [2.05, 4.69) is 15.5 Å². The predicted molar refractivity (Wildman–Crippen MR) is 75.3 cm³/mol. The highest BCUT2D eigenvalue weighted by Crippen LogP contribution is 2.35. The molecule has 9 heteroatoms. The zero-order valence-electron chi connectivity index (χ0n) is 11.1. The van der Waals surface area contributed by atoms with Crippen LogP contribution in [0.5, 0.6) is 5.75 Å². The number of aromatic nitrogens is 2. The topological polar surface area (TPSA) is 67.0 Å². The molecule has 0 aliphatic heterocycles. The molecule has 1 heterocycles. The van der Waals surface area contributed by atoms with E-state index in [0.29, 0.717) is 0 Å². The van der Waals surface area contributed by atoms with Crippen LogP contribution in [0.3, 0.4) is 0 Å². The van der Waals surface area contributed by atoms with Gasteiger partial charge in [0.2, 0.25) is 0 Å². The fourth-order valence-electron chi connectivity index (χ4n) is 1.68. The number of para-hydroxylation sites is 1. The number of aromatic amines is 1. The number of hydrogen-bond acceptors (Lipinski definition) is 4. The summed E-state index contributed by atoms with van der Waals surface area (Å²) in [5, 5.41) is 8.38. The first-order chi connectivity index (χ1) is 10.4. The minimum Gasteiger partial charge on any atom is -0.491 e. The third kappa shape index (κ3) is 3.91. The molecule has 0 atom stereocenters. The van der Waals surface area contributed by atoms with Gasteiger partial charge in [-0.2, -0.15) is 18.3 Å². The summed E-state index contributed by atoms with van der Waals surface area (Å²) in [6.07, 6.45) is -3.18. The van der Waals surface area contributed by atoms with Gasteiger partial charge in [0.25, 0.3) is 5.56 Å². The molecule has 0 saturated carbocycles. The van der Waals surface area contributed by atoms with Crippen molar-refractivity contribution in [3.8, 4) is 5.75 Å². The van der Waals surface area contributed by atoms with E-state index in [-0.39, 0.29) is 29.6 Å². The second-order valence-corrected chi connectivity index (χ2v) is 4.57. The van der Waals surface area contributed by atoms with Crippen molar-refractivity contribution >= 4 is 17.3 Å². The minimum absolute atomic E-state index is 0.0454. The lowest BCUT2D eigenvalue weighted by Gasteiger charge is -2.14. The average Bonchev–Trinajstić information content (AvgIpc) is 2.47. The van der Waals surface area contributed by atoms with Gasteiger partial charge in [0.1, 0.15) is 17.4 Å². The Balaban J connectivity index is 1.95. The van der Waals surface area contributed by atoms with Crippen molar-refractivity contribution in [2.24, 2.45) is 0 Å². The number of anilines is 1. The van der Waals surface area contributed by atoms with Gasteiger partial charge in [0.15, 0.2) is 0 Å². The smallest absolute Gasteiger partial charge is 0.419 e. The molecule has 5 nitrogen and oxygen atoms in total. The quantitative estimate of drug-likeness (QED) is 0.826. The van der Waals surface area contributed by atoms with Gasteiger partial charge in [-0.3, -0.25) is 4.79 Å². The minimum atomic E-state index is -4.48. The van der Waals surface area contributed by atoms with Crippen LogP contribution in [0.25, 0.3) is 0 Å². The highest BCUT2D eigenvalue weighted by atomic mass is 35.5. The summed E-state index contributed by atoms with van der Waals surface area (Å²) in [6, 6.07) is 4.93. The summed E-state index contributed by atoms with van der Waals surface area (Å²) in [4.78, 5) is 11.2. The highest BCUT2D eigenvalue weighted by Gasteiger charge is 2.33. The number of alkyl halides is 3. The van der Waals surface area contributed by atoms with Crippen LogP contribution in [0, 0.1) is 0 Å². The average molecular weight is 334 g/mol. The van der Waals surface area contributed by atoms with Crippen molar-refractivity contribution in [2.45, 2.75) is 6.18 Å². The molecule has 22 heavy (non-hydrogen) atoms. The maximum atomic E-state index is 12.8. The molecule has 0 fully saturated rings. The lowest BCUT2D eigenvalue weighted by atomic mass is 10.2. The van der Waals surface area contributed by atoms with E-state index in [0.717, 1.165) is 6.07 Å². The lowest BCUT2D eigenvalue weighted by Crippen LogP contribution is -2.17. The maximum Gasteiger partial charge on any atom is 0.419 e. The molecule has 1 aromatic heterocycles. The molecule has 0 amide bonds. The Morgan fingerprint density at radius 2 is 2.05 bits per heavy atom. The van der Waals surface area contributed by atoms with Crippen LogP contribution >= 0.6 is 11.6 Å². The third-order valence-electron chi connectivity index (χ3n) is 2.66. The molecule has 2 aromatic rings. The van der Waals surface area contributed by atoms with Gasteiger partial charge < -0.3 is 10.1 Å². The molecule has 1 aromatic carbocycles. The van der Waals surface area contributed by atoms with E-state index < -0.39 is 17.3 Å². The molecule has 0 aliphatic carbocycles. The van der Waals surface area contributed by atoms with Crippen LogP contribution in [0.15, 0.2) is 35.3 Å². The molecular weight excluding hydrogens is 323 g/mol. The zero-order valence-corrected chi connectivity index (χ0v) is 11.8. The SMILES string of the molecule is O=c1[nH]ncc(NCCOc2ccccc2C(F)(F)F)c1Cl. The number of rotatable bonds is 5. The van der Waals surface area contributed by atoms with E-state index in [1.807, 2.05) is 0 Å². The molecular formula is C13H11ClF3N3O2. The number of benzene rings is 1. The number of halogens is 4. The van der Waals surface area contributed by atoms with E-state index in [4.69, 9.17) is 16.3 Å². The molecule has 0 saturated heterocycles. The fourth-order valence-corrected chi connectivity index (χ4v) is 1.84. The van der Waals surface area contributed by atoms with Crippen LogP contribution in [-0.2, 0) is 6.18 Å². The van der Waals surface area contributed by atoms with Crippen molar-refractivity contribution in [3.63, 3.8) is 0 Å². The van der Waals surface area contributed by atoms with Gasteiger partial charge in [-0.1, -0.05) is 23.7 Å². The van der Waals surface area contributed by atoms with Gasteiger partial charge >= 0.3 is 6.18 Å². The lowest BCUT2D eigenvalue weighted by molar-refractivity contribution is -0.138. The summed E-state index contributed by atoms with van der Waals surface area (Å²) < 4.78 is 43.4. The predicted octanol–water partition coefficient (Wildman–Crippen LogP) is 2.93. The Morgan fingerprint density at radius 3 is 2.77 bits per heavy atom. The van der Waals surface area contributed by atoms with Crippen molar-refractivity contribution < 1.29 is 17.9 Å². The second kappa shape index (κ2) is 6.69. The normalized spacial score (nSPS) is 11.3. The van der Waals surface area contributed by atoms with Crippen molar-refractivity contribution in [2.75, 3.05) is 18.5 Å². The van der Waals surface area contributed by atoms with Crippen LogP contribution in [-0.4, -0.2) is 23.3 Å². The first-order valence-corrected chi connectivity index (χ1v) is 6.53. The van der Waals surface area contributed by atoms with E-state index in [1.54, 1.807) is 0 Å².